The molecule has 0 unspecified atom stereocenters. The van der Waals surface area contributed by atoms with Crippen LogP contribution < -0.4 is 10.6 Å². The van der Waals surface area contributed by atoms with Crippen LogP contribution in [0.2, 0.25) is 0 Å². The van der Waals surface area contributed by atoms with Crippen LogP contribution in [-0.4, -0.2) is 17.1 Å². The lowest BCUT2D eigenvalue weighted by Gasteiger charge is -2.30. The number of nitrogens with zero attached hydrogens (tertiary/aromatic N) is 2. The third kappa shape index (κ3) is 3.59. The Hall–Kier alpha value is -2.28. The zero-order valence-electron chi connectivity index (χ0n) is 11.3. The van der Waals surface area contributed by atoms with Crippen LogP contribution >= 0.6 is 0 Å². The third-order valence-corrected chi connectivity index (χ3v) is 2.91. The minimum absolute atomic E-state index is 0.131. The fraction of sp³-hybridized carbons (Fsp3) is 0.333. The van der Waals surface area contributed by atoms with Crippen molar-refractivity contribution in [2.75, 3.05) is 6.54 Å². The van der Waals surface area contributed by atoms with E-state index in [4.69, 9.17) is 5.26 Å². The smallest absolute Gasteiger partial charge is 0.118 e. The van der Waals surface area contributed by atoms with Gasteiger partial charge in [-0.2, -0.15) is 5.26 Å². The lowest BCUT2D eigenvalue weighted by atomic mass is 9.99. The summed E-state index contributed by atoms with van der Waals surface area (Å²) in [5.41, 5.74) is 1.55. The van der Waals surface area contributed by atoms with Gasteiger partial charge in [-0.1, -0.05) is 12.1 Å². The Bertz CT molecular complexity index is 535. The number of allylic oxidation sites excluding steroid dienone is 2. The molecular formula is C15H18N4. The van der Waals surface area contributed by atoms with Crippen molar-refractivity contribution in [2.24, 2.45) is 0 Å². The minimum Gasteiger partial charge on any atom is -0.370 e. The Morgan fingerprint density at radius 1 is 1.42 bits per heavy atom. The number of hydrogen-bond donors (Lipinski definition) is 2. The van der Waals surface area contributed by atoms with Gasteiger partial charge in [0.1, 0.15) is 11.9 Å². The van der Waals surface area contributed by atoms with Crippen molar-refractivity contribution in [1.82, 2.24) is 15.6 Å². The molecule has 98 valence electrons. The van der Waals surface area contributed by atoms with Crippen molar-refractivity contribution in [2.45, 2.75) is 25.8 Å². The van der Waals surface area contributed by atoms with E-state index in [0.717, 1.165) is 24.5 Å². The molecule has 1 aliphatic rings. The summed E-state index contributed by atoms with van der Waals surface area (Å²) in [7, 11) is 0. The quantitative estimate of drug-likeness (QED) is 0.861. The zero-order chi connectivity index (χ0) is 13.7. The first kappa shape index (κ1) is 13.2. The highest BCUT2D eigenvalue weighted by molar-refractivity contribution is 5.41. The summed E-state index contributed by atoms with van der Waals surface area (Å²) in [5.74, 6) is 0.797. The molecule has 2 heterocycles. The van der Waals surface area contributed by atoms with Gasteiger partial charge in [-0.25, -0.2) is 0 Å². The van der Waals surface area contributed by atoms with E-state index in [1.54, 1.807) is 6.20 Å². The average molecular weight is 254 g/mol. The first-order valence-electron chi connectivity index (χ1n) is 6.36. The highest BCUT2D eigenvalue weighted by Gasteiger charge is 2.20. The number of pyridine rings is 1. The summed E-state index contributed by atoms with van der Waals surface area (Å²) >= 11 is 0. The van der Waals surface area contributed by atoms with Crippen LogP contribution in [-0.2, 0) is 6.42 Å². The predicted molar refractivity (Wildman–Crippen MR) is 74.9 cm³/mol. The van der Waals surface area contributed by atoms with Crippen molar-refractivity contribution < 1.29 is 0 Å². The van der Waals surface area contributed by atoms with Crippen LogP contribution in [0.4, 0.5) is 0 Å². The molecule has 19 heavy (non-hydrogen) atoms. The summed E-state index contributed by atoms with van der Waals surface area (Å²) in [5, 5.41) is 15.7. The van der Waals surface area contributed by atoms with E-state index in [-0.39, 0.29) is 5.54 Å². The Morgan fingerprint density at radius 2 is 2.26 bits per heavy atom. The molecule has 0 saturated carbocycles. The molecule has 0 fully saturated rings. The van der Waals surface area contributed by atoms with Gasteiger partial charge in [-0.05, 0) is 32.1 Å². The molecule has 0 bridgehead atoms. The molecule has 1 aliphatic heterocycles. The largest absolute Gasteiger partial charge is 0.370 e. The van der Waals surface area contributed by atoms with E-state index in [0.29, 0.717) is 5.57 Å². The van der Waals surface area contributed by atoms with Crippen molar-refractivity contribution in [3.8, 4) is 6.07 Å². The van der Waals surface area contributed by atoms with Gasteiger partial charge < -0.3 is 10.6 Å². The molecule has 0 atom stereocenters. The first-order valence-corrected chi connectivity index (χ1v) is 6.36. The van der Waals surface area contributed by atoms with Gasteiger partial charge in [0.25, 0.3) is 0 Å². The number of nitriles is 1. The van der Waals surface area contributed by atoms with Gasteiger partial charge in [0.15, 0.2) is 0 Å². The van der Waals surface area contributed by atoms with E-state index >= 15 is 0 Å². The first-order chi connectivity index (χ1) is 9.11. The van der Waals surface area contributed by atoms with E-state index in [2.05, 4.69) is 35.5 Å². The van der Waals surface area contributed by atoms with Gasteiger partial charge in [-0.3, -0.25) is 4.98 Å². The molecule has 0 spiro atoms. The van der Waals surface area contributed by atoms with Crippen LogP contribution in [0, 0.1) is 11.3 Å². The molecule has 1 aromatic heterocycles. The molecule has 0 radical (unpaired) electrons. The summed E-state index contributed by atoms with van der Waals surface area (Å²) in [6.45, 7) is 4.88. The Morgan fingerprint density at radius 3 is 2.95 bits per heavy atom. The van der Waals surface area contributed by atoms with Gasteiger partial charge in [0.2, 0.25) is 0 Å². The molecule has 4 nitrogen and oxygen atoms in total. The lowest BCUT2D eigenvalue weighted by Crippen LogP contribution is -2.44. The number of aromatic nitrogens is 1. The van der Waals surface area contributed by atoms with E-state index in [9.17, 15) is 0 Å². The van der Waals surface area contributed by atoms with Gasteiger partial charge >= 0.3 is 0 Å². The van der Waals surface area contributed by atoms with Crippen LogP contribution in [0.1, 0.15) is 19.5 Å². The topological polar surface area (TPSA) is 60.7 Å². The van der Waals surface area contributed by atoms with E-state index < -0.39 is 0 Å². The average Bonchev–Trinajstić information content (AvgIpc) is 2.39. The predicted octanol–water partition coefficient (Wildman–Crippen LogP) is 1.89. The second-order valence-electron chi connectivity index (χ2n) is 5.08. The Balaban J connectivity index is 1.96. The maximum absolute atomic E-state index is 9.10. The number of hydrogen-bond acceptors (Lipinski definition) is 4. The van der Waals surface area contributed by atoms with E-state index in [1.807, 2.05) is 30.4 Å². The Labute approximate surface area is 113 Å². The number of nitrogens with one attached hydrogen (secondary N) is 2. The maximum atomic E-state index is 9.10. The minimum atomic E-state index is -0.131. The SMILES string of the molecule is CC1(C)C=CC(C#N)=C(NCCc2ccccn2)N1. The second kappa shape index (κ2) is 5.57. The molecule has 4 heteroatoms. The number of dihydropyridines is 1. The van der Waals surface area contributed by atoms with Crippen LogP contribution in [0.5, 0.6) is 0 Å². The highest BCUT2D eigenvalue weighted by atomic mass is 15.1. The molecule has 2 rings (SSSR count). The molecular weight excluding hydrogens is 236 g/mol. The molecule has 0 saturated heterocycles. The second-order valence-corrected chi connectivity index (χ2v) is 5.08. The van der Waals surface area contributed by atoms with Crippen molar-refractivity contribution >= 4 is 0 Å². The van der Waals surface area contributed by atoms with Crippen molar-refractivity contribution in [3.63, 3.8) is 0 Å². The fourth-order valence-electron chi connectivity index (χ4n) is 1.90. The molecule has 0 aliphatic carbocycles. The summed E-state index contributed by atoms with van der Waals surface area (Å²) in [6.07, 6.45) is 6.48. The van der Waals surface area contributed by atoms with Crippen LogP contribution in [0.15, 0.2) is 47.9 Å². The van der Waals surface area contributed by atoms with Gasteiger partial charge in [0.05, 0.1) is 11.1 Å². The highest BCUT2D eigenvalue weighted by Crippen LogP contribution is 2.16. The van der Waals surface area contributed by atoms with Crippen molar-refractivity contribution in [1.29, 1.82) is 5.26 Å². The van der Waals surface area contributed by atoms with Gasteiger partial charge in [-0.15, -0.1) is 0 Å². The summed E-state index contributed by atoms with van der Waals surface area (Å²) in [4.78, 5) is 4.27. The van der Waals surface area contributed by atoms with Gasteiger partial charge in [0, 0.05) is 24.9 Å². The van der Waals surface area contributed by atoms with Crippen LogP contribution in [0.3, 0.4) is 0 Å². The standard InChI is InChI=1S/C15H18N4/c1-15(2)8-6-12(11-16)14(19-15)18-10-7-13-5-3-4-9-17-13/h3-6,8-9,18-19H,7,10H2,1-2H3. The van der Waals surface area contributed by atoms with Crippen LogP contribution in [0.25, 0.3) is 0 Å². The molecule has 1 aromatic rings. The molecule has 0 amide bonds. The summed E-state index contributed by atoms with van der Waals surface area (Å²) in [6, 6.07) is 8.08. The van der Waals surface area contributed by atoms with Crippen molar-refractivity contribution in [3.05, 3.63) is 53.6 Å². The zero-order valence-corrected chi connectivity index (χ0v) is 11.3. The third-order valence-electron chi connectivity index (χ3n) is 2.91. The lowest BCUT2D eigenvalue weighted by molar-refractivity contribution is 0.492. The fourth-order valence-corrected chi connectivity index (χ4v) is 1.90. The number of rotatable bonds is 4. The maximum Gasteiger partial charge on any atom is 0.118 e. The Kier molecular flexibility index (Phi) is 3.86. The molecule has 2 N–H and O–H groups in total. The normalized spacial score (nSPS) is 16.7. The monoisotopic (exact) mass is 254 g/mol. The molecule has 0 aromatic carbocycles. The van der Waals surface area contributed by atoms with E-state index in [1.165, 1.54) is 0 Å². The summed E-state index contributed by atoms with van der Waals surface area (Å²) < 4.78 is 0.